The lowest BCUT2D eigenvalue weighted by molar-refractivity contribution is -0.205. The van der Waals surface area contributed by atoms with E-state index >= 15 is 0 Å². The number of anilines is 3. The van der Waals surface area contributed by atoms with Gasteiger partial charge in [-0.15, -0.1) is 0 Å². The maximum Gasteiger partial charge on any atom is 0.395 e. The number of piperidine rings is 1. The van der Waals surface area contributed by atoms with Crippen LogP contribution < -0.4 is 10.2 Å². The summed E-state index contributed by atoms with van der Waals surface area (Å²) in [5.74, 6) is 0.0335. The number of aliphatic hydroxyl groups excluding tert-OH is 1. The van der Waals surface area contributed by atoms with Crippen molar-refractivity contribution in [1.82, 2.24) is 24.5 Å². The first kappa shape index (κ1) is 23.2. The van der Waals surface area contributed by atoms with Gasteiger partial charge < -0.3 is 24.6 Å². The Labute approximate surface area is 188 Å². The number of fused-ring (bicyclic) bond motifs is 1. The molecule has 4 rings (SSSR count). The Hall–Kier alpha value is -2.99. The molecule has 2 atom stereocenters. The van der Waals surface area contributed by atoms with Gasteiger partial charge in [-0.1, -0.05) is 0 Å². The summed E-state index contributed by atoms with van der Waals surface area (Å²) in [4.78, 5) is 18.9. The van der Waals surface area contributed by atoms with Gasteiger partial charge >= 0.3 is 6.18 Å². The Bertz CT molecular complexity index is 1120. The van der Waals surface area contributed by atoms with E-state index < -0.39 is 18.2 Å². The first-order chi connectivity index (χ1) is 15.7. The third kappa shape index (κ3) is 4.71. The third-order valence-corrected chi connectivity index (χ3v) is 5.76. The van der Waals surface area contributed by atoms with Crippen molar-refractivity contribution in [2.45, 2.75) is 45.2 Å². The normalized spacial score (nSPS) is 19.5. The number of halogens is 3. The molecule has 0 saturated carbocycles. The molecule has 2 unspecified atom stereocenters. The van der Waals surface area contributed by atoms with E-state index in [4.69, 9.17) is 4.74 Å². The summed E-state index contributed by atoms with van der Waals surface area (Å²) in [5.41, 5.74) is 1.45. The number of hydrogen-bond acceptors (Lipinski definition) is 8. The van der Waals surface area contributed by atoms with E-state index in [1.54, 1.807) is 18.3 Å². The van der Waals surface area contributed by atoms with Gasteiger partial charge in [-0.2, -0.15) is 18.2 Å². The molecule has 3 aromatic rings. The van der Waals surface area contributed by atoms with Crippen molar-refractivity contribution in [1.29, 1.82) is 0 Å². The first-order valence-electron chi connectivity index (χ1n) is 10.6. The number of rotatable bonds is 6. The highest BCUT2D eigenvalue weighted by Gasteiger charge is 2.48. The van der Waals surface area contributed by atoms with Gasteiger partial charge in [0, 0.05) is 38.5 Å². The highest BCUT2D eigenvalue weighted by atomic mass is 19.4. The number of methoxy groups -OCH3 is 1. The largest absolute Gasteiger partial charge is 0.395 e. The van der Waals surface area contributed by atoms with Crippen LogP contribution in [0, 0.1) is 5.92 Å². The molecule has 0 radical (unpaired) electrons. The predicted molar refractivity (Wildman–Crippen MR) is 116 cm³/mol. The molecule has 0 aliphatic carbocycles. The summed E-state index contributed by atoms with van der Waals surface area (Å²) in [5, 5.41) is 12.7. The fourth-order valence-electron chi connectivity index (χ4n) is 4.21. The lowest BCUT2D eigenvalue weighted by Crippen LogP contribution is -2.50. The molecule has 1 aliphatic rings. The van der Waals surface area contributed by atoms with E-state index in [0.717, 1.165) is 5.52 Å². The Kier molecular flexibility index (Phi) is 6.39. The molecule has 0 spiro atoms. The van der Waals surface area contributed by atoms with Crippen molar-refractivity contribution in [2.24, 2.45) is 5.92 Å². The van der Waals surface area contributed by atoms with E-state index in [0.29, 0.717) is 29.5 Å². The zero-order valence-corrected chi connectivity index (χ0v) is 18.5. The molecular weight excluding hydrogens is 439 g/mol. The van der Waals surface area contributed by atoms with Crippen LogP contribution in [0.15, 0.2) is 24.5 Å². The van der Waals surface area contributed by atoms with Crippen LogP contribution in [0.4, 0.5) is 30.8 Å². The number of nitrogens with one attached hydrogen (secondary N) is 1. The molecule has 0 bridgehead atoms. The van der Waals surface area contributed by atoms with Gasteiger partial charge in [0.25, 0.3) is 0 Å². The van der Waals surface area contributed by atoms with E-state index in [2.05, 4.69) is 25.3 Å². The molecule has 1 aliphatic heterocycles. The molecule has 1 fully saturated rings. The number of aliphatic hydroxyl groups is 1. The zero-order valence-electron chi connectivity index (χ0n) is 18.5. The molecule has 9 nitrogen and oxygen atoms in total. The monoisotopic (exact) mass is 465 g/mol. The fourth-order valence-corrected chi connectivity index (χ4v) is 4.21. The third-order valence-electron chi connectivity index (χ3n) is 5.76. The summed E-state index contributed by atoms with van der Waals surface area (Å²) in [6, 6.07) is 3.50. The minimum absolute atomic E-state index is 0.0784. The average molecular weight is 465 g/mol. The van der Waals surface area contributed by atoms with Crippen LogP contribution in [0.2, 0.25) is 0 Å². The lowest BCUT2D eigenvalue weighted by Gasteiger charge is -2.38. The number of aromatic nitrogens is 5. The van der Waals surface area contributed by atoms with Gasteiger partial charge in [-0.05, 0) is 26.3 Å². The topological polar surface area (TPSA) is 101 Å². The highest BCUT2D eigenvalue weighted by molar-refractivity contribution is 5.79. The number of ether oxygens (including phenoxy) is 1. The first-order valence-corrected chi connectivity index (χ1v) is 10.6. The second-order valence-electron chi connectivity index (χ2n) is 8.23. The minimum Gasteiger partial charge on any atom is -0.388 e. The van der Waals surface area contributed by atoms with Gasteiger partial charge in [-0.25, -0.2) is 15.0 Å². The number of pyridine rings is 1. The van der Waals surface area contributed by atoms with Crippen molar-refractivity contribution < 1.29 is 23.0 Å². The molecule has 178 valence electrons. The van der Waals surface area contributed by atoms with Crippen molar-refractivity contribution in [3.05, 3.63) is 30.4 Å². The smallest absolute Gasteiger partial charge is 0.388 e. The maximum absolute atomic E-state index is 13.5. The number of imidazole rings is 1. The van der Waals surface area contributed by atoms with Gasteiger partial charge in [-0.3, -0.25) is 0 Å². The standard InChI is InChI=1S/C21H26F3N7O2/c1-12(2)31-15-8-18(26-9-14(15)27-19(31)11-32)28-17-4-6-25-20(29-17)30-7-5-16(33-3)13(10-30)21(22,23)24/h4,6,8-9,12-13,16,32H,5,7,10-11H2,1-3H3,(H,25,26,28,29). The number of hydrogen-bond donors (Lipinski definition) is 2. The molecule has 1 saturated heterocycles. The summed E-state index contributed by atoms with van der Waals surface area (Å²) < 4.78 is 47.4. The van der Waals surface area contributed by atoms with Crippen LogP contribution in [0.25, 0.3) is 11.0 Å². The van der Waals surface area contributed by atoms with Crippen LogP contribution in [-0.2, 0) is 11.3 Å². The maximum atomic E-state index is 13.5. The van der Waals surface area contributed by atoms with E-state index in [1.165, 1.54) is 18.2 Å². The molecule has 12 heteroatoms. The fraction of sp³-hybridized carbons (Fsp3) is 0.524. The van der Waals surface area contributed by atoms with Gasteiger partial charge in [0.1, 0.15) is 29.6 Å². The Morgan fingerprint density at radius 3 is 2.70 bits per heavy atom. The molecular formula is C21H26F3N7O2. The van der Waals surface area contributed by atoms with Gasteiger partial charge in [0.15, 0.2) is 0 Å². The SMILES string of the molecule is COC1CCN(c2nccc(Nc3cc4c(cn3)nc(CO)n4C(C)C)n2)CC1C(F)(F)F. The Morgan fingerprint density at radius 1 is 1.24 bits per heavy atom. The lowest BCUT2D eigenvalue weighted by atomic mass is 9.94. The van der Waals surface area contributed by atoms with E-state index in [-0.39, 0.29) is 31.6 Å². The summed E-state index contributed by atoms with van der Waals surface area (Å²) in [6.07, 6.45) is -1.93. The van der Waals surface area contributed by atoms with Gasteiger partial charge in [0.05, 0.1) is 23.7 Å². The zero-order chi connectivity index (χ0) is 23.8. The van der Waals surface area contributed by atoms with E-state index in [1.807, 2.05) is 18.4 Å². The predicted octanol–water partition coefficient (Wildman–Crippen LogP) is 3.44. The molecule has 33 heavy (non-hydrogen) atoms. The summed E-state index contributed by atoms with van der Waals surface area (Å²) >= 11 is 0. The van der Waals surface area contributed by atoms with Crippen LogP contribution in [-0.4, -0.2) is 62.1 Å². The van der Waals surface area contributed by atoms with Crippen LogP contribution in [0.5, 0.6) is 0 Å². The van der Waals surface area contributed by atoms with Crippen molar-refractivity contribution in [2.75, 3.05) is 30.4 Å². The van der Waals surface area contributed by atoms with E-state index in [9.17, 15) is 18.3 Å². The van der Waals surface area contributed by atoms with Crippen molar-refractivity contribution in [3.8, 4) is 0 Å². The Morgan fingerprint density at radius 2 is 2.03 bits per heavy atom. The molecule has 2 N–H and O–H groups in total. The number of nitrogens with zero attached hydrogens (tertiary/aromatic N) is 6. The summed E-state index contributed by atoms with van der Waals surface area (Å²) in [7, 11) is 1.30. The molecule has 0 amide bonds. The van der Waals surface area contributed by atoms with Crippen molar-refractivity contribution in [3.63, 3.8) is 0 Å². The van der Waals surface area contributed by atoms with Gasteiger partial charge in [0.2, 0.25) is 5.95 Å². The molecule has 0 aromatic carbocycles. The van der Waals surface area contributed by atoms with Crippen LogP contribution in [0.3, 0.4) is 0 Å². The highest BCUT2D eigenvalue weighted by Crippen LogP contribution is 2.36. The quantitative estimate of drug-likeness (QED) is 0.571. The summed E-state index contributed by atoms with van der Waals surface area (Å²) in [6.45, 7) is 3.88. The van der Waals surface area contributed by atoms with Crippen LogP contribution in [0.1, 0.15) is 32.1 Å². The second-order valence-corrected chi connectivity index (χ2v) is 8.23. The number of alkyl halides is 3. The minimum atomic E-state index is -4.37. The average Bonchev–Trinajstić information content (AvgIpc) is 3.16. The second kappa shape index (κ2) is 9.10. The molecule has 4 heterocycles. The Balaban J connectivity index is 1.57. The molecule has 3 aromatic heterocycles. The van der Waals surface area contributed by atoms with Crippen molar-refractivity contribution >= 4 is 28.6 Å². The van der Waals surface area contributed by atoms with Crippen LogP contribution >= 0.6 is 0 Å².